The van der Waals surface area contributed by atoms with E-state index in [9.17, 15) is 13.2 Å². The Labute approximate surface area is 184 Å². The van der Waals surface area contributed by atoms with Gasteiger partial charge in [0.1, 0.15) is 18.4 Å². The van der Waals surface area contributed by atoms with Crippen molar-refractivity contribution in [2.75, 3.05) is 11.9 Å². The summed E-state index contributed by atoms with van der Waals surface area (Å²) < 4.78 is 33.3. The van der Waals surface area contributed by atoms with E-state index in [-0.39, 0.29) is 10.8 Å². The molecule has 1 unspecified atom stereocenters. The van der Waals surface area contributed by atoms with Crippen molar-refractivity contribution in [3.05, 3.63) is 59.0 Å². The Morgan fingerprint density at radius 2 is 1.97 bits per heavy atom. The molecule has 0 bridgehead atoms. The molecule has 1 atom stereocenters. The van der Waals surface area contributed by atoms with E-state index in [1.54, 1.807) is 24.3 Å². The van der Waals surface area contributed by atoms with E-state index in [1.807, 2.05) is 31.2 Å². The molecule has 0 saturated carbocycles. The molecule has 3 heterocycles. The van der Waals surface area contributed by atoms with Crippen LogP contribution in [0.1, 0.15) is 23.3 Å². The van der Waals surface area contributed by atoms with Gasteiger partial charge in [-0.05, 0) is 44.0 Å². The first-order valence-corrected chi connectivity index (χ1v) is 12.3. The number of para-hydroxylation sites is 1. The number of sulfonamides is 1. The van der Waals surface area contributed by atoms with Crippen LogP contribution in [0, 0.1) is 6.92 Å². The van der Waals surface area contributed by atoms with E-state index in [1.165, 1.54) is 15.6 Å². The molecule has 1 saturated heterocycles. The van der Waals surface area contributed by atoms with Crippen molar-refractivity contribution in [1.29, 1.82) is 0 Å². The molecule has 1 amide bonds. The lowest BCUT2D eigenvalue weighted by Gasteiger charge is -2.23. The largest absolute Gasteiger partial charge is 0.487 e. The number of nitrogens with zero attached hydrogens (tertiary/aromatic N) is 2. The third-order valence-corrected chi connectivity index (χ3v) is 8.43. The van der Waals surface area contributed by atoms with Crippen LogP contribution in [-0.2, 0) is 21.4 Å². The van der Waals surface area contributed by atoms with Gasteiger partial charge in [0, 0.05) is 12.1 Å². The summed E-state index contributed by atoms with van der Waals surface area (Å²) in [5.41, 5.74) is 2.68. The molecule has 5 rings (SSSR count). The summed E-state index contributed by atoms with van der Waals surface area (Å²) >= 11 is 1.36. The van der Waals surface area contributed by atoms with Gasteiger partial charge in [0.25, 0.3) is 0 Å². The number of amides is 1. The summed E-state index contributed by atoms with van der Waals surface area (Å²) in [7, 11) is -3.75. The molecule has 1 aromatic heterocycles. The molecule has 7 nitrogen and oxygen atoms in total. The molecule has 2 aliphatic rings. The fourth-order valence-electron chi connectivity index (χ4n) is 3.97. The van der Waals surface area contributed by atoms with Gasteiger partial charge in [0.05, 0.1) is 15.5 Å². The van der Waals surface area contributed by atoms with E-state index in [0.29, 0.717) is 31.1 Å². The van der Waals surface area contributed by atoms with Crippen LogP contribution in [0.2, 0.25) is 0 Å². The third kappa shape index (κ3) is 3.62. The fraction of sp³-hybridized carbons (Fsp3) is 0.273. The van der Waals surface area contributed by atoms with Gasteiger partial charge < -0.3 is 10.1 Å². The molecule has 2 aromatic carbocycles. The summed E-state index contributed by atoms with van der Waals surface area (Å²) in [4.78, 5) is 18.8. The number of rotatable bonds is 4. The van der Waals surface area contributed by atoms with Crippen LogP contribution in [0.3, 0.4) is 0 Å². The summed E-state index contributed by atoms with van der Waals surface area (Å²) in [5.74, 6) is 0.415. The predicted octanol–water partition coefficient (Wildman–Crippen LogP) is 3.80. The van der Waals surface area contributed by atoms with Crippen molar-refractivity contribution in [2.24, 2.45) is 0 Å². The van der Waals surface area contributed by atoms with Gasteiger partial charge in [-0.3, -0.25) is 4.79 Å². The van der Waals surface area contributed by atoms with Crippen LogP contribution in [-0.4, -0.2) is 36.2 Å². The number of anilines is 1. The van der Waals surface area contributed by atoms with Crippen LogP contribution in [0.25, 0.3) is 11.3 Å². The average Bonchev–Trinajstić information content (AvgIpc) is 3.41. The van der Waals surface area contributed by atoms with E-state index in [4.69, 9.17) is 4.74 Å². The molecular weight excluding hydrogens is 434 g/mol. The van der Waals surface area contributed by atoms with Crippen molar-refractivity contribution in [2.45, 2.75) is 37.3 Å². The normalized spacial score (nSPS) is 18.2. The molecule has 2 aliphatic heterocycles. The summed E-state index contributed by atoms with van der Waals surface area (Å²) in [6, 6.07) is 13.6. The zero-order valence-electron chi connectivity index (χ0n) is 16.9. The number of benzene rings is 2. The minimum absolute atomic E-state index is 0.205. The van der Waals surface area contributed by atoms with E-state index in [2.05, 4.69) is 10.3 Å². The Hall–Kier alpha value is -2.75. The van der Waals surface area contributed by atoms with E-state index >= 15 is 0 Å². The maximum atomic E-state index is 13.1. The van der Waals surface area contributed by atoms with Crippen LogP contribution in [0.15, 0.2) is 53.4 Å². The monoisotopic (exact) mass is 455 g/mol. The topological polar surface area (TPSA) is 88.6 Å². The van der Waals surface area contributed by atoms with Crippen molar-refractivity contribution in [3.8, 4) is 17.0 Å². The molecule has 9 heteroatoms. The Kier molecular flexibility index (Phi) is 5.04. The zero-order valence-corrected chi connectivity index (χ0v) is 18.5. The molecule has 0 aliphatic carbocycles. The molecule has 31 heavy (non-hydrogen) atoms. The summed E-state index contributed by atoms with van der Waals surface area (Å²) in [5, 5.41) is 3.29. The smallest absolute Gasteiger partial charge is 0.244 e. The van der Waals surface area contributed by atoms with Crippen molar-refractivity contribution in [1.82, 2.24) is 9.29 Å². The third-order valence-electron chi connectivity index (χ3n) is 5.56. The zero-order chi connectivity index (χ0) is 21.6. The number of nitrogens with one attached hydrogen (secondary N) is 1. The predicted molar refractivity (Wildman–Crippen MR) is 119 cm³/mol. The van der Waals surface area contributed by atoms with Gasteiger partial charge in [-0.15, -0.1) is 0 Å². The van der Waals surface area contributed by atoms with E-state index in [0.717, 1.165) is 27.4 Å². The number of ether oxygens (including phenoxy) is 1. The molecule has 1 N–H and O–H groups in total. The Balaban J connectivity index is 1.37. The van der Waals surface area contributed by atoms with Gasteiger partial charge in [-0.1, -0.05) is 41.2 Å². The first-order valence-electron chi connectivity index (χ1n) is 10.0. The highest BCUT2D eigenvalue weighted by atomic mass is 32.2. The first kappa shape index (κ1) is 20.2. The Morgan fingerprint density at radius 1 is 1.19 bits per heavy atom. The maximum Gasteiger partial charge on any atom is 0.244 e. The summed E-state index contributed by atoms with van der Waals surface area (Å²) in [6.45, 7) is 2.63. The summed E-state index contributed by atoms with van der Waals surface area (Å²) in [6.07, 6.45) is 1.12. The highest BCUT2D eigenvalue weighted by Gasteiger charge is 2.39. The van der Waals surface area contributed by atoms with E-state index < -0.39 is 16.1 Å². The number of fused-ring (bicyclic) bond motifs is 3. The number of carbonyl (C=O) groups is 1. The minimum atomic E-state index is -3.75. The first-order chi connectivity index (χ1) is 14.9. The second kappa shape index (κ2) is 7.74. The minimum Gasteiger partial charge on any atom is -0.487 e. The highest BCUT2D eigenvalue weighted by Crippen LogP contribution is 2.40. The van der Waals surface area contributed by atoms with Gasteiger partial charge in [-0.25, -0.2) is 13.4 Å². The number of hydrogen-bond acceptors (Lipinski definition) is 6. The lowest BCUT2D eigenvalue weighted by atomic mass is 10.1. The van der Waals surface area contributed by atoms with Gasteiger partial charge >= 0.3 is 0 Å². The van der Waals surface area contributed by atoms with Crippen LogP contribution < -0.4 is 10.1 Å². The lowest BCUT2D eigenvalue weighted by molar-refractivity contribution is -0.119. The molecule has 0 radical (unpaired) electrons. The number of aromatic nitrogens is 1. The fourth-order valence-corrected chi connectivity index (χ4v) is 6.52. The molecule has 0 spiro atoms. The van der Waals surface area contributed by atoms with Crippen LogP contribution in [0.4, 0.5) is 5.13 Å². The van der Waals surface area contributed by atoms with Gasteiger partial charge in [0.2, 0.25) is 15.9 Å². The number of aryl methyl sites for hydroxylation is 1. The average molecular weight is 456 g/mol. The highest BCUT2D eigenvalue weighted by molar-refractivity contribution is 7.89. The van der Waals surface area contributed by atoms with Gasteiger partial charge in [-0.2, -0.15) is 4.31 Å². The number of carbonyl (C=O) groups excluding carboxylic acids is 1. The maximum absolute atomic E-state index is 13.1. The molecular formula is C22H21N3O4S2. The number of hydrogen-bond donors (Lipinski definition) is 1. The number of thiazole rings is 1. The van der Waals surface area contributed by atoms with Crippen molar-refractivity contribution in [3.63, 3.8) is 0 Å². The Morgan fingerprint density at radius 3 is 2.77 bits per heavy atom. The SMILES string of the molecule is Cc1ccc(S(=O)(=O)N2CCCC2C(=O)Nc2nc3c(s2)COc2ccccc2-3)cc1. The quantitative estimate of drug-likeness (QED) is 0.646. The van der Waals surface area contributed by atoms with Crippen molar-refractivity contribution < 1.29 is 17.9 Å². The molecule has 1 fully saturated rings. The van der Waals surface area contributed by atoms with Crippen LogP contribution >= 0.6 is 11.3 Å². The standard InChI is InChI=1S/C22H21N3O4S2/c1-14-8-10-15(11-9-14)31(27,28)25-12-4-6-17(25)21(26)24-22-23-20-16-5-2-3-7-18(16)29-13-19(20)30-22/h2-3,5,7-11,17H,4,6,12-13H2,1H3,(H,23,24,26). The van der Waals surface area contributed by atoms with Crippen molar-refractivity contribution >= 4 is 32.4 Å². The van der Waals surface area contributed by atoms with Gasteiger partial charge in [0.15, 0.2) is 5.13 Å². The lowest BCUT2D eigenvalue weighted by Crippen LogP contribution is -2.43. The van der Waals surface area contributed by atoms with Crippen LogP contribution in [0.5, 0.6) is 5.75 Å². The Bertz CT molecular complexity index is 1250. The molecule has 160 valence electrons. The molecule has 3 aromatic rings. The second-order valence-electron chi connectivity index (χ2n) is 7.65. The second-order valence-corrected chi connectivity index (χ2v) is 10.6.